The van der Waals surface area contributed by atoms with Crippen molar-refractivity contribution in [3.63, 3.8) is 0 Å². The summed E-state index contributed by atoms with van der Waals surface area (Å²) in [6, 6.07) is 15.3. The molecule has 122 valence electrons. The first-order valence-electron chi connectivity index (χ1n) is 7.65. The van der Waals surface area contributed by atoms with Gasteiger partial charge in [0.05, 0.1) is 30.3 Å². The van der Waals surface area contributed by atoms with Crippen LogP contribution in [-0.2, 0) is 0 Å². The third-order valence-corrected chi connectivity index (χ3v) is 3.86. The van der Waals surface area contributed by atoms with Gasteiger partial charge in [-0.05, 0) is 38.1 Å². The molecule has 5 heteroatoms. The van der Waals surface area contributed by atoms with Crippen molar-refractivity contribution in [1.29, 1.82) is 0 Å². The van der Waals surface area contributed by atoms with Crippen LogP contribution in [0.2, 0.25) is 0 Å². The van der Waals surface area contributed by atoms with Crippen molar-refractivity contribution >= 4 is 11.6 Å². The van der Waals surface area contributed by atoms with E-state index < -0.39 is 0 Å². The molecule has 0 bridgehead atoms. The van der Waals surface area contributed by atoms with E-state index in [9.17, 15) is 4.79 Å². The standard InChI is InChI=1S/C19H19N3O2/c1-13-7-9-16(10-8-13)22-14(2)18(12-20-22)19(23)21-15-5-4-6-17(11-15)24-3/h4-12H,1-3H3,(H,21,23). The lowest BCUT2D eigenvalue weighted by molar-refractivity contribution is 0.102. The zero-order chi connectivity index (χ0) is 17.1. The molecular formula is C19H19N3O2. The molecule has 0 aliphatic heterocycles. The number of carbonyl (C=O) groups is 1. The highest BCUT2D eigenvalue weighted by molar-refractivity contribution is 6.05. The number of hydrogen-bond acceptors (Lipinski definition) is 3. The lowest BCUT2D eigenvalue weighted by Crippen LogP contribution is -2.13. The van der Waals surface area contributed by atoms with Gasteiger partial charge in [0.25, 0.3) is 5.91 Å². The third kappa shape index (κ3) is 3.15. The monoisotopic (exact) mass is 321 g/mol. The van der Waals surface area contributed by atoms with Crippen LogP contribution < -0.4 is 10.1 Å². The Balaban J connectivity index is 1.84. The molecule has 1 heterocycles. The van der Waals surface area contributed by atoms with Crippen LogP contribution in [0.3, 0.4) is 0 Å². The molecule has 0 atom stereocenters. The molecule has 0 fully saturated rings. The first kappa shape index (κ1) is 15.8. The molecule has 0 saturated carbocycles. The highest BCUT2D eigenvalue weighted by Gasteiger charge is 2.15. The van der Waals surface area contributed by atoms with Crippen molar-refractivity contribution in [2.24, 2.45) is 0 Å². The number of aromatic nitrogens is 2. The van der Waals surface area contributed by atoms with Crippen molar-refractivity contribution < 1.29 is 9.53 Å². The van der Waals surface area contributed by atoms with Crippen LogP contribution in [0.1, 0.15) is 21.6 Å². The molecule has 1 aromatic heterocycles. The Morgan fingerprint density at radius 3 is 2.58 bits per heavy atom. The average molecular weight is 321 g/mol. The minimum absolute atomic E-state index is 0.195. The van der Waals surface area contributed by atoms with Crippen molar-refractivity contribution in [3.8, 4) is 11.4 Å². The van der Waals surface area contributed by atoms with Gasteiger partial charge in [0.2, 0.25) is 0 Å². The second-order valence-corrected chi connectivity index (χ2v) is 5.58. The maximum absolute atomic E-state index is 12.5. The molecule has 0 radical (unpaired) electrons. The molecule has 24 heavy (non-hydrogen) atoms. The van der Waals surface area contributed by atoms with Gasteiger partial charge in [0, 0.05) is 11.8 Å². The number of amides is 1. The molecule has 3 aromatic rings. The van der Waals surface area contributed by atoms with Crippen molar-refractivity contribution in [2.75, 3.05) is 12.4 Å². The fraction of sp³-hybridized carbons (Fsp3) is 0.158. The van der Waals surface area contributed by atoms with Crippen LogP contribution in [0.4, 0.5) is 5.69 Å². The molecule has 0 unspecified atom stereocenters. The van der Waals surface area contributed by atoms with Gasteiger partial charge in [-0.1, -0.05) is 23.8 Å². The van der Waals surface area contributed by atoms with Gasteiger partial charge in [-0.2, -0.15) is 5.10 Å². The molecular weight excluding hydrogens is 302 g/mol. The Kier molecular flexibility index (Phi) is 4.33. The number of anilines is 1. The molecule has 1 N–H and O–H groups in total. The lowest BCUT2D eigenvalue weighted by Gasteiger charge is -2.08. The molecule has 0 saturated heterocycles. The Bertz CT molecular complexity index is 867. The average Bonchev–Trinajstić information content (AvgIpc) is 2.97. The summed E-state index contributed by atoms with van der Waals surface area (Å²) >= 11 is 0. The number of methoxy groups -OCH3 is 1. The van der Waals surface area contributed by atoms with Gasteiger partial charge in [-0.25, -0.2) is 4.68 Å². The molecule has 2 aromatic carbocycles. The van der Waals surface area contributed by atoms with E-state index in [0.29, 0.717) is 17.0 Å². The fourth-order valence-corrected chi connectivity index (χ4v) is 2.48. The normalized spacial score (nSPS) is 10.5. The predicted octanol–water partition coefficient (Wildman–Crippen LogP) is 3.75. The second kappa shape index (κ2) is 6.58. The molecule has 0 aliphatic rings. The number of hydrogen-bond donors (Lipinski definition) is 1. The van der Waals surface area contributed by atoms with Crippen LogP contribution in [0.5, 0.6) is 5.75 Å². The first-order chi connectivity index (χ1) is 11.6. The van der Waals surface area contributed by atoms with E-state index in [-0.39, 0.29) is 5.91 Å². The van der Waals surface area contributed by atoms with Gasteiger partial charge >= 0.3 is 0 Å². The topological polar surface area (TPSA) is 56.1 Å². The number of nitrogens with one attached hydrogen (secondary N) is 1. The predicted molar refractivity (Wildman–Crippen MR) is 94.0 cm³/mol. The lowest BCUT2D eigenvalue weighted by atomic mass is 10.2. The van der Waals surface area contributed by atoms with Gasteiger partial charge in [-0.15, -0.1) is 0 Å². The number of ether oxygens (including phenoxy) is 1. The maximum Gasteiger partial charge on any atom is 0.259 e. The van der Waals surface area contributed by atoms with Crippen LogP contribution in [0.15, 0.2) is 54.7 Å². The SMILES string of the molecule is COc1cccc(NC(=O)c2cnn(-c3ccc(C)cc3)c2C)c1. The first-order valence-corrected chi connectivity index (χ1v) is 7.65. The number of benzene rings is 2. The number of nitrogens with zero attached hydrogens (tertiary/aromatic N) is 2. The van der Waals surface area contributed by atoms with Crippen LogP contribution >= 0.6 is 0 Å². The third-order valence-electron chi connectivity index (χ3n) is 3.86. The molecule has 3 rings (SSSR count). The van der Waals surface area contributed by atoms with E-state index in [2.05, 4.69) is 10.4 Å². The van der Waals surface area contributed by atoms with Crippen molar-refractivity contribution in [3.05, 3.63) is 71.5 Å². The second-order valence-electron chi connectivity index (χ2n) is 5.58. The molecule has 0 aliphatic carbocycles. The summed E-state index contributed by atoms with van der Waals surface area (Å²) in [5.41, 5.74) is 4.12. The summed E-state index contributed by atoms with van der Waals surface area (Å²) in [6.45, 7) is 3.92. The summed E-state index contributed by atoms with van der Waals surface area (Å²) in [4.78, 5) is 12.5. The zero-order valence-corrected chi connectivity index (χ0v) is 13.9. The smallest absolute Gasteiger partial charge is 0.259 e. The van der Waals surface area contributed by atoms with E-state index in [1.807, 2.05) is 56.3 Å². The maximum atomic E-state index is 12.5. The highest BCUT2D eigenvalue weighted by Crippen LogP contribution is 2.19. The Morgan fingerprint density at radius 2 is 1.88 bits per heavy atom. The van der Waals surface area contributed by atoms with E-state index in [1.54, 1.807) is 24.1 Å². The summed E-state index contributed by atoms with van der Waals surface area (Å²) in [5, 5.41) is 7.22. The minimum atomic E-state index is -0.195. The Morgan fingerprint density at radius 1 is 1.12 bits per heavy atom. The number of carbonyl (C=O) groups excluding carboxylic acids is 1. The van der Waals surface area contributed by atoms with E-state index in [4.69, 9.17) is 4.74 Å². The van der Waals surface area contributed by atoms with E-state index in [0.717, 1.165) is 11.4 Å². The summed E-state index contributed by atoms with van der Waals surface area (Å²) < 4.78 is 6.93. The van der Waals surface area contributed by atoms with E-state index in [1.165, 1.54) is 5.56 Å². The molecule has 1 amide bonds. The Hall–Kier alpha value is -3.08. The largest absolute Gasteiger partial charge is 0.497 e. The number of rotatable bonds is 4. The van der Waals surface area contributed by atoms with Gasteiger partial charge in [0.1, 0.15) is 5.75 Å². The van der Waals surface area contributed by atoms with Crippen LogP contribution in [0.25, 0.3) is 5.69 Å². The highest BCUT2D eigenvalue weighted by atomic mass is 16.5. The molecule has 0 spiro atoms. The van der Waals surface area contributed by atoms with Crippen molar-refractivity contribution in [2.45, 2.75) is 13.8 Å². The van der Waals surface area contributed by atoms with Crippen molar-refractivity contribution in [1.82, 2.24) is 9.78 Å². The van der Waals surface area contributed by atoms with Gasteiger partial charge in [0.15, 0.2) is 0 Å². The zero-order valence-electron chi connectivity index (χ0n) is 13.9. The summed E-state index contributed by atoms with van der Waals surface area (Å²) in [7, 11) is 1.59. The van der Waals surface area contributed by atoms with E-state index >= 15 is 0 Å². The molecule has 5 nitrogen and oxygen atoms in total. The van der Waals surface area contributed by atoms with Gasteiger partial charge in [-0.3, -0.25) is 4.79 Å². The van der Waals surface area contributed by atoms with Crippen LogP contribution in [0, 0.1) is 13.8 Å². The van der Waals surface area contributed by atoms with Crippen LogP contribution in [-0.4, -0.2) is 22.8 Å². The number of aryl methyl sites for hydroxylation is 1. The van der Waals surface area contributed by atoms with Gasteiger partial charge < -0.3 is 10.1 Å². The summed E-state index contributed by atoms with van der Waals surface area (Å²) in [5.74, 6) is 0.499. The Labute approximate surface area is 140 Å². The minimum Gasteiger partial charge on any atom is -0.497 e. The summed E-state index contributed by atoms with van der Waals surface area (Å²) in [6.07, 6.45) is 1.59. The quantitative estimate of drug-likeness (QED) is 0.796. The fourth-order valence-electron chi connectivity index (χ4n) is 2.48.